The molecule has 1 fully saturated rings. The standard InChI is InChI=1S/C33H32Cl2N4O5/c1-42-30-21(18-39-16-13-20(14-17-39)33(41)44-3)12-15-36-31(30)37-27-9-5-7-24(29(27)35)23-6-4-8-25(28(23)34)26-11-10-22(19-40)32(38-26)43-2/h4-12,15,19-20H,13-14,16-18H2,1-3H3,(H,36,37). The van der Waals surface area contributed by atoms with Crippen LogP contribution in [0, 0.1) is 5.92 Å². The second-order valence-corrected chi connectivity index (χ2v) is 11.1. The minimum Gasteiger partial charge on any atom is -0.493 e. The Morgan fingerprint density at radius 1 is 0.955 bits per heavy atom. The molecule has 0 saturated carbocycles. The number of aromatic nitrogens is 2. The predicted molar refractivity (Wildman–Crippen MR) is 171 cm³/mol. The van der Waals surface area contributed by atoms with E-state index in [0.717, 1.165) is 31.5 Å². The Bertz CT molecular complexity index is 1670. The van der Waals surface area contributed by atoms with E-state index in [4.69, 9.17) is 37.4 Å². The monoisotopic (exact) mass is 634 g/mol. The smallest absolute Gasteiger partial charge is 0.308 e. The Morgan fingerprint density at radius 3 is 2.34 bits per heavy atom. The van der Waals surface area contributed by atoms with Crippen molar-refractivity contribution in [2.45, 2.75) is 19.4 Å². The summed E-state index contributed by atoms with van der Waals surface area (Å²) in [6.45, 7) is 2.22. The first kappa shape index (κ1) is 31.3. The zero-order valence-electron chi connectivity index (χ0n) is 24.6. The van der Waals surface area contributed by atoms with Crippen LogP contribution in [0.1, 0.15) is 28.8 Å². The molecule has 0 amide bonds. The fourth-order valence-corrected chi connectivity index (χ4v) is 6.02. The topological polar surface area (TPSA) is 103 Å². The molecule has 0 spiro atoms. The molecule has 5 rings (SSSR count). The van der Waals surface area contributed by atoms with Gasteiger partial charge in [-0.25, -0.2) is 9.97 Å². The van der Waals surface area contributed by atoms with Crippen molar-refractivity contribution >= 4 is 47.0 Å². The number of pyridine rings is 2. The number of piperidine rings is 1. The summed E-state index contributed by atoms with van der Waals surface area (Å²) in [5.41, 5.74) is 4.59. The molecular formula is C33H32Cl2N4O5. The fraction of sp³-hybridized carbons (Fsp3) is 0.273. The number of likely N-dealkylation sites (tertiary alicyclic amines) is 1. The van der Waals surface area contributed by atoms with Crippen molar-refractivity contribution in [3.63, 3.8) is 0 Å². The zero-order valence-corrected chi connectivity index (χ0v) is 26.1. The van der Waals surface area contributed by atoms with Gasteiger partial charge in [0.1, 0.15) is 0 Å². The van der Waals surface area contributed by atoms with Crippen LogP contribution in [-0.2, 0) is 16.1 Å². The molecule has 4 aromatic rings. The van der Waals surface area contributed by atoms with E-state index >= 15 is 0 Å². The van der Waals surface area contributed by atoms with Crippen LogP contribution in [0.4, 0.5) is 11.5 Å². The Hall–Kier alpha value is -4.18. The molecule has 11 heteroatoms. The molecular weight excluding hydrogens is 603 g/mol. The van der Waals surface area contributed by atoms with E-state index < -0.39 is 0 Å². The number of hydrogen-bond donors (Lipinski definition) is 1. The van der Waals surface area contributed by atoms with Crippen LogP contribution in [0.25, 0.3) is 22.4 Å². The summed E-state index contributed by atoms with van der Waals surface area (Å²) in [4.78, 5) is 34.6. The molecule has 0 bridgehead atoms. The third-order valence-electron chi connectivity index (χ3n) is 7.73. The Balaban J connectivity index is 1.41. The maximum atomic E-state index is 11.9. The van der Waals surface area contributed by atoms with Crippen LogP contribution >= 0.6 is 23.2 Å². The van der Waals surface area contributed by atoms with Gasteiger partial charge in [-0.15, -0.1) is 0 Å². The molecule has 0 aliphatic carbocycles. The van der Waals surface area contributed by atoms with Gasteiger partial charge < -0.3 is 19.5 Å². The van der Waals surface area contributed by atoms with Crippen molar-refractivity contribution in [1.29, 1.82) is 0 Å². The maximum Gasteiger partial charge on any atom is 0.308 e. The molecule has 2 aromatic heterocycles. The van der Waals surface area contributed by atoms with Gasteiger partial charge in [-0.05, 0) is 50.2 Å². The number of anilines is 2. The fourth-order valence-electron chi connectivity index (χ4n) is 5.42. The summed E-state index contributed by atoms with van der Waals surface area (Å²) in [6.07, 6.45) is 3.94. The molecule has 1 aliphatic rings. The lowest BCUT2D eigenvalue weighted by atomic mass is 9.96. The average molecular weight is 636 g/mol. The third-order valence-corrected chi connectivity index (χ3v) is 8.55. The summed E-state index contributed by atoms with van der Waals surface area (Å²) in [5, 5.41) is 4.25. The Morgan fingerprint density at radius 2 is 1.66 bits per heavy atom. The maximum absolute atomic E-state index is 11.9. The molecule has 9 nitrogen and oxygen atoms in total. The van der Waals surface area contributed by atoms with Crippen LogP contribution in [-0.4, -0.2) is 61.5 Å². The van der Waals surface area contributed by atoms with Gasteiger partial charge in [0.05, 0.1) is 54.2 Å². The number of aldehydes is 1. The highest BCUT2D eigenvalue weighted by molar-refractivity contribution is 6.39. The number of nitrogens with one attached hydrogen (secondary N) is 1. The van der Waals surface area contributed by atoms with E-state index in [9.17, 15) is 9.59 Å². The normalized spacial score (nSPS) is 13.8. The summed E-state index contributed by atoms with van der Waals surface area (Å²) in [6, 6.07) is 16.5. The van der Waals surface area contributed by atoms with Crippen molar-refractivity contribution in [3.05, 3.63) is 82.0 Å². The van der Waals surface area contributed by atoms with E-state index in [-0.39, 0.29) is 17.8 Å². The van der Waals surface area contributed by atoms with Gasteiger partial charge in [0, 0.05) is 35.0 Å². The number of ether oxygens (including phenoxy) is 3. The highest BCUT2D eigenvalue weighted by Gasteiger charge is 2.26. The van der Waals surface area contributed by atoms with Gasteiger partial charge in [0.15, 0.2) is 17.9 Å². The van der Waals surface area contributed by atoms with Crippen LogP contribution in [0.2, 0.25) is 10.0 Å². The van der Waals surface area contributed by atoms with Gasteiger partial charge >= 0.3 is 5.97 Å². The van der Waals surface area contributed by atoms with Gasteiger partial charge in [0.25, 0.3) is 0 Å². The van der Waals surface area contributed by atoms with Gasteiger partial charge in [-0.3, -0.25) is 14.5 Å². The summed E-state index contributed by atoms with van der Waals surface area (Å²) >= 11 is 13.9. The third kappa shape index (κ3) is 6.50. The van der Waals surface area contributed by atoms with E-state index in [1.54, 1.807) is 25.4 Å². The minimum atomic E-state index is -0.144. The van der Waals surface area contributed by atoms with Crippen molar-refractivity contribution in [2.24, 2.45) is 5.92 Å². The number of nitrogens with zero attached hydrogens (tertiary/aromatic N) is 3. The molecule has 228 valence electrons. The molecule has 0 radical (unpaired) electrons. The number of methoxy groups -OCH3 is 3. The lowest BCUT2D eigenvalue weighted by Gasteiger charge is -2.31. The highest BCUT2D eigenvalue weighted by Crippen LogP contribution is 2.42. The quantitative estimate of drug-likeness (QED) is 0.145. The Kier molecular flexibility index (Phi) is 9.99. The number of halogens is 2. The average Bonchev–Trinajstić information content (AvgIpc) is 3.06. The molecule has 0 atom stereocenters. The minimum absolute atomic E-state index is 0.0569. The van der Waals surface area contributed by atoms with E-state index in [1.165, 1.54) is 14.2 Å². The number of rotatable bonds is 10. The SMILES string of the molecule is COC(=O)C1CCN(Cc2ccnc(Nc3cccc(-c4cccc(-c5ccc(C=O)c(OC)n5)c4Cl)c3Cl)c2OC)CC1. The Labute approximate surface area is 266 Å². The largest absolute Gasteiger partial charge is 0.493 e. The number of carbonyl (C=O) groups excluding carboxylic acids is 2. The molecule has 1 aliphatic heterocycles. The summed E-state index contributed by atoms with van der Waals surface area (Å²) < 4.78 is 16.0. The first-order chi connectivity index (χ1) is 21.4. The molecule has 44 heavy (non-hydrogen) atoms. The van der Waals surface area contributed by atoms with Crippen molar-refractivity contribution in [3.8, 4) is 34.0 Å². The molecule has 1 N–H and O–H groups in total. The van der Waals surface area contributed by atoms with Crippen LogP contribution in [0.5, 0.6) is 11.6 Å². The second-order valence-electron chi connectivity index (χ2n) is 10.3. The lowest BCUT2D eigenvalue weighted by molar-refractivity contribution is -0.147. The van der Waals surface area contributed by atoms with Gasteiger partial charge in [-0.2, -0.15) is 0 Å². The molecule has 2 aromatic carbocycles. The highest BCUT2D eigenvalue weighted by atomic mass is 35.5. The molecule has 1 saturated heterocycles. The van der Waals surface area contributed by atoms with Crippen LogP contribution < -0.4 is 14.8 Å². The lowest BCUT2D eigenvalue weighted by Crippen LogP contribution is -2.36. The zero-order chi connectivity index (χ0) is 31.2. The van der Waals surface area contributed by atoms with Crippen LogP contribution in [0.15, 0.2) is 60.8 Å². The van der Waals surface area contributed by atoms with E-state index in [1.807, 2.05) is 42.5 Å². The van der Waals surface area contributed by atoms with Crippen LogP contribution in [0.3, 0.4) is 0 Å². The number of benzene rings is 2. The van der Waals surface area contributed by atoms with Crippen molar-refractivity contribution in [2.75, 3.05) is 39.7 Å². The first-order valence-electron chi connectivity index (χ1n) is 14.1. The van der Waals surface area contributed by atoms with Crippen molar-refractivity contribution < 1.29 is 23.8 Å². The molecule has 0 unspecified atom stereocenters. The van der Waals surface area contributed by atoms with Crippen molar-refractivity contribution in [1.82, 2.24) is 14.9 Å². The summed E-state index contributed by atoms with van der Waals surface area (Å²) in [5.74, 6) is 1.16. The number of esters is 1. The number of carbonyl (C=O) groups is 2. The van der Waals surface area contributed by atoms with Gasteiger partial charge in [0.2, 0.25) is 5.88 Å². The van der Waals surface area contributed by atoms with Gasteiger partial charge in [-0.1, -0.05) is 53.5 Å². The number of hydrogen-bond acceptors (Lipinski definition) is 9. The summed E-state index contributed by atoms with van der Waals surface area (Å²) in [7, 11) is 4.51. The molecule has 3 heterocycles. The first-order valence-corrected chi connectivity index (χ1v) is 14.8. The second kappa shape index (κ2) is 14.1. The van der Waals surface area contributed by atoms with E-state index in [2.05, 4.69) is 20.2 Å². The predicted octanol–water partition coefficient (Wildman–Crippen LogP) is 7.08. The van der Waals surface area contributed by atoms with E-state index in [0.29, 0.717) is 68.1 Å².